The number of aliphatic hydroxyl groups is 1. The summed E-state index contributed by atoms with van der Waals surface area (Å²) in [4.78, 5) is 42.9. The van der Waals surface area contributed by atoms with Gasteiger partial charge in [0.2, 0.25) is 10.0 Å². The predicted octanol–water partition coefficient (Wildman–Crippen LogP) is 4.78. The lowest BCUT2D eigenvalue weighted by Gasteiger charge is -2.48. The van der Waals surface area contributed by atoms with Crippen molar-refractivity contribution in [3.8, 4) is 0 Å². The van der Waals surface area contributed by atoms with Gasteiger partial charge in [-0.2, -0.15) is 0 Å². The Hall–Kier alpha value is -3.75. The van der Waals surface area contributed by atoms with Gasteiger partial charge in [-0.05, 0) is 78.4 Å². The van der Waals surface area contributed by atoms with Crippen molar-refractivity contribution in [1.82, 2.24) is 14.5 Å². The molecule has 4 bridgehead atoms. The molecular weight excluding hydrogens is 859 g/mol. The number of hydrogen-bond acceptors (Lipinski definition) is 15. The van der Waals surface area contributed by atoms with E-state index in [0.717, 1.165) is 11.1 Å². The molecule has 5 heterocycles. The number of amides is 1. The first-order chi connectivity index (χ1) is 30.8. The second-order valence-electron chi connectivity index (χ2n) is 19.2. The van der Waals surface area contributed by atoms with Gasteiger partial charge in [-0.3, -0.25) is 14.7 Å². The van der Waals surface area contributed by atoms with Crippen LogP contribution in [-0.2, 0) is 48.1 Å². The Morgan fingerprint density at radius 3 is 2.51 bits per heavy atom. The highest BCUT2D eigenvalue weighted by Gasteiger charge is 2.60. The lowest BCUT2D eigenvalue weighted by atomic mass is 9.72. The zero-order chi connectivity index (χ0) is 47.0. The third-order valence-electron chi connectivity index (χ3n) is 14.3. The lowest BCUT2D eigenvalue weighted by Crippen LogP contribution is -2.60. The van der Waals surface area contributed by atoms with Crippen molar-refractivity contribution in [3.05, 3.63) is 42.5 Å². The molecule has 2 aromatic rings. The van der Waals surface area contributed by atoms with E-state index in [1.807, 2.05) is 78.7 Å². The van der Waals surface area contributed by atoms with Crippen LogP contribution in [0.15, 0.2) is 57.5 Å². The molecule has 4 saturated heterocycles. The average molecular weight is 928 g/mol. The number of fused-ring (bicyclic) bond motifs is 5. The maximum absolute atomic E-state index is 14.6. The predicted molar refractivity (Wildman–Crippen MR) is 243 cm³/mol. The Balaban J connectivity index is 1.23. The topological polar surface area (TPSA) is 196 Å². The Morgan fingerprint density at radius 2 is 1.77 bits per heavy atom. The molecule has 360 valence electrons. The molecule has 14 atom stereocenters. The number of carbonyl (C=O) groups excluding carboxylic acids is 2. The van der Waals surface area contributed by atoms with E-state index in [1.54, 1.807) is 36.1 Å². The fraction of sp³-hybridized carbons (Fsp3) is 0.702. The standard InChI is InChI=1S/C47H69N5O12S/c1-11-37-47(8)41-29(4)38(48-19-21-52(41)45(55)64-47)27(2)24-46(7)42(63-44-39(53)35(51(9)10)23-28(3)61-44)30(5)40(31(6)43(54)62-37)58-25-33(26-59-46)50-60-22-20-49-65(56,57)36-18-14-16-32-15-12-13-17-34(32)36/h12-18,27-31,35,37,39-42,44,49,53H,11,19-26H2,1-10H3/t27-,28+,29+,30-,31-,35-,37+,39+,40+,41-,42+,44-,46-,47-/m1/s1. The largest absolute Gasteiger partial charge is 0.458 e. The third-order valence-corrected chi connectivity index (χ3v) is 15.8. The van der Waals surface area contributed by atoms with Gasteiger partial charge in [0.05, 0.1) is 60.5 Å². The molecule has 7 rings (SSSR count). The molecular formula is C47H69N5O12S. The minimum absolute atomic E-state index is 0.0701. The number of oxime groups is 1. The molecule has 0 unspecified atom stereocenters. The van der Waals surface area contributed by atoms with Gasteiger partial charge in [0.15, 0.2) is 11.9 Å². The molecule has 0 aromatic heterocycles. The first kappa shape index (κ1) is 49.2. The van der Waals surface area contributed by atoms with Crippen LogP contribution in [0, 0.1) is 23.7 Å². The quantitative estimate of drug-likeness (QED) is 0.188. The van der Waals surface area contributed by atoms with Crippen LogP contribution in [0.3, 0.4) is 0 Å². The zero-order valence-corrected chi connectivity index (χ0v) is 40.3. The monoisotopic (exact) mass is 927 g/mol. The van der Waals surface area contributed by atoms with E-state index in [-0.39, 0.29) is 55.2 Å². The molecule has 5 aliphatic rings. The number of likely N-dealkylation sites (N-methyl/N-ethyl adjacent to an activating group) is 1. The maximum Gasteiger partial charge on any atom is 0.410 e. The molecule has 4 fully saturated rings. The molecule has 18 heteroatoms. The molecule has 1 amide bonds. The van der Waals surface area contributed by atoms with Gasteiger partial charge < -0.3 is 43.3 Å². The van der Waals surface area contributed by atoms with E-state index in [2.05, 4.69) is 16.8 Å². The van der Waals surface area contributed by atoms with Crippen molar-refractivity contribution in [2.24, 2.45) is 33.8 Å². The number of nitrogens with zero attached hydrogens (tertiary/aromatic N) is 4. The van der Waals surface area contributed by atoms with Gasteiger partial charge in [0, 0.05) is 42.1 Å². The van der Waals surface area contributed by atoms with E-state index in [1.165, 1.54) is 0 Å². The highest BCUT2D eigenvalue weighted by Crippen LogP contribution is 2.45. The number of rotatable bonds is 10. The number of sulfonamides is 1. The highest BCUT2D eigenvalue weighted by atomic mass is 32.2. The Morgan fingerprint density at radius 1 is 1.03 bits per heavy atom. The summed E-state index contributed by atoms with van der Waals surface area (Å²) in [6, 6.07) is 11.7. The number of aliphatic hydroxyl groups excluding tert-OH is 1. The smallest absolute Gasteiger partial charge is 0.410 e. The first-order valence-electron chi connectivity index (χ1n) is 23.1. The minimum Gasteiger partial charge on any atom is -0.458 e. The molecule has 17 nitrogen and oxygen atoms in total. The first-order valence-corrected chi connectivity index (χ1v) is 24.6. The highest BCUT2D eigenvalue weighted by molar-refractivity contribution is 7.89. The summed E-state index contributed by atoms with van der Waals surface area (Å²) in [5.41, 5.74) is -1.12. The SMILES string of the molecule is CC[C@@H]1OC(=O)[C@H](C)[C@H]2OCC(=NOCCNS(=O)(=O)c3cccc4ccccc34)CO[C@](C)(C[C@@H](C)C3=NCCN4C(=O)O[C@@]1(C)[C@H]4[C@H]3C)[C@@H](O[C@H]1O[C@@H](C)C[C@@H](N(C)C)[C@@H]1O)[C@@H]2C. The number of hydrogen-bond donors (Lipinski definition) is 2. The molecule has 65 heavy (non-hydrogen) atoms. The van der Waals surface area contributed by atoms with Gasteiger partial charge >= 0.3 is 12.1 Å². The van der Waals surface area contributed by atoms with Crippen LogP contribution < -0.4 is 4.72 Å². The fourth-order valence-electron chi connectivity index (χ4n) is 11.1. The maximum atomic E-state index is 14.6. The second kappa shape index (κ2) is 19.8. The summed E-state index contributed by atoms with van der Waals surface area (Å²) in [5.74, 6) is -2.53. The Kier molecular flexibility index (Phi) is 15.0. The molecule has 2 aromatic carbocycles. The van der Waals surface area contributed by atoms with Crippen molar-refractivity contribution in [1.29, 1.82) is 0 Å². The van der Waals surface area contributed by atoms with Gasteiger partial charge in [0.25, 0.3) is 0 Å². The number of ether oxygens (including phenoxy) is 6. The normalized spacial score (nSPS) is 38.0. The van der Waals surface area contributed by atoms with E-state index >= 15 is 0 Å². The molecule has 5 aliphatic heterocycles. The summed E-state index contributed by atoms with van der Waals surface area (Å²) in [5, 5.41) is 17.6. The van der Waals surface area contributed by atoms with Crippen LogP contribution in [0.4, 0.5) is 4.79 Å². The second-order valence-corrected chi connectivity index (χ2v) is 21.0. The lowest BCUT2D eigenvalue weighted by molar-refractivity contribution is -0.302. The summed E-state index contributed by atoms with van der Waals surface area (Å²) < 4.78 is 69.1. The van der Waals surface area contributed by atoms with Crippen molar-refractivity contribution >= 4 is 44.3 Å². The molecule has 0 spiro atoms. The molecule has 0 radical (unpaired) electrons. The Bertz CT molecular complexity index is 2200. The van der Waals surface area contributed by atoms with E-state index in [9.17, 15) is 23.1 Å². The van der Waals surface area contributed by atoms with E-state index in [0.29, 0.717) is 43.4 Å². The number of carbonyl (C=O) groups is 2. The Labute approximate surface area is 383 Å². The van der Waals surface area contributed by atoms with Gasteiger partial charge in [-0.25, -0.2) is 17.9 Å². The number of nitrogens with one attached hydrogen (secondary N) is 1. The number of cyclic esters (lactones) is 1. The van der Waals surface area contributed by atoms with Crippen LogP contribution in [0.2, 0.25) is 0 Å². The number of esters is 1. The van der Waals surface area contributed by atoms with Crippen molar-refractivity contribution in [3.63, 3.8) is 0 Å². The average Bonchev–Trinajstić information content (AvgIpc) is 3.41. The van der Waals surface area contributed by atoms with Crippen LogP contribution in [0.5, 0.6) is 0 Å². The summed E-state index contributed by atoms with van der Waals surface area (Å²) in [6.07, 6.45) is -3.91. The van der Waals surface area contributed by atoms with Crippen molar-refractivity contribution in [2.75, 3.05) is 53.6 Å². The molecule has 2 N–H and O–H groups in total. The number of aliphatic imine (C=N–C) groups is 1. The van der Waals surface area contributed by atoms with E-state index < -0.39 is 81.9 Å². The van der Waals surface area contributed by atoms with Crippen molar-refractivity contribution < 1.29 is 56.4 Å². The van der Waals surface area contributed by atoms with Gasteiger partial charge in [-0.15, -0.1) is 0 Å². The van der Waals surface area contributed by atoms with Crippen LogP contribution >= 0.6 is 0 Å². The minimum atomic E-state index is -3.89. The summed E-state index contributed by atoms with van der Waals surface area (Å²) in [7, 11) is -0.0568. The van der Waals surface area contributed by atoms with Gasteiger partial charge in [-0.1, -0.05) is 69.2 Å². The summed E-state index contributed by atoms with van der Waals surface area (Å²) >= 11 is 0. The zero-order valence-electron chi connectivity index (χ0n) is 39.5. The van der Waals surface area contributed by atoms with Gasteiger partial charge in [0.1, 0.15) is 24.5 Å². The third kappa shape index (κ3) is 9.96. The van der Waals surface area contributed by atoms with Crippen LogP contribution in [0.1, 0.15) is 74.7 Å². The van der Waals surface area contributed by atoms with Crippen LogP contribution in [0.25, 0.3) is 10.8 Å². The number of benzene rings is 2. The molecule has 0 saturated carbocycles. The molecule has 0 aliphatic carbocycles. The van der Waals surface area contributed by atoms with E-state index in [4.69, 9.17) is 38.3 Å². The van der Waals surface area contributed by atoms with Crippen LogP contribution in [-0.4, -0.2) is 160 Å². The van der Waals surface area contributed by atoms with Crippen molar-refractivity contribution in [2.45, 2.75) is 140 Å². The summed E-state index contributed by atoms with van der Waals surface area (Å²) in [6.45, 7) is 15.9. The fourth-order valence-corrected chi connectivity index (χ4v) is 12.3.